The second-order valence-electron chi connectivity index (χ2n) is 4.23. The molecule has 1 aliphatic rings. The molecule has 2 rings (SSSR count). The van der Waals surface area contributed by atoms with Gasteiger partial charge in [0.05, 0.1) is 10.2 Å². The SMILES string of the molecule is O=C1NCCCCC1Nc1cc(F)c(Br)cc1F. The van der Waals surface area contributed by atoms with E-state index in [2.05, 4.69) is 26.6 Å². The highest BCUT2D eigenvalue weighted by Crippen LogP contribution is 2.24. The van der Waals surface area contributed by atoms with E-state index in [-0.39, 0.29) is 16.1 Å². The van der Waals surface area contributed by atoms with Gasteiger partial charge in [0.25, 0.3) is 0 Å². The van der Waals surface area contributed by atoms with Crippen molar-refractivity contribution in [3.05, 3.63) is 28.2 Å². The second-order valence-corrected chi connectivity index (χ2v) is 5.08. The van der Waals surface area contributed by atoms with Crippen molar-refractivity contribution in [2.45, 2.75) is 25.3 Å². The van der Waals surface area contributed by atoms with E-state index < -0.39 is 17.7 Å². The summed E-state index contributed by atoms with van der Waals surface area (Å²) in [5, 5.41) is 5.49. The van der Waals surface area contributed by atoms with Gasteiger partial charge in [-0.05, 0) is 41.3 Å². The number of nitrogens with one attached hydrogen (secondary N) is 2. The topological polar surface area (TPSA) is 41.1 Å². The molecular weight excluding hydrogens is 306 g/mol. The van der Waals surface area contributed by atoms with Crippen LogP contribution in [0.1, 0.15) is 19.3 Å². The minimum atomic E-state index is -0.583. The summed E-state index contributed by atoms with van der Waals surface area (Å²) in [6.45, 7) is 0.633. The van der Waals surface area contributed by atoms with Gasteiger partial charge in [0.15, 0.2) is 0 Å². The number of hydrogen-bond acceptors (Lipinski definition) is 2. The molecule has 3 nitrogen and oxygen atoms in total. The third kappa shape index (κ3) is 2.98. The normalized spacial score (nSPS) is 20.2. The number of halogens is 3. The van der Waals surface area contributed by atoms with Crippen LogP contribution in [-0.4, -0.2) is 18.5 Å². The Morgan fingerprint density at radius 1 is 1.28 bits per heavy atom. The molecule has 1 heterocycles. The fraction of sp³-hybridized carbons (Fsp3) is 0.417. The van der Waals surface area contributed by atoms with Crippen LogP contribution in [0.15, 0.2) is 16.6 Å². The Morgan fingerprint density at radius 3 is 2.83 bits per heavy atom. The van der Waals surface area contributed by atoms with Crippen LogP contribution in [0.3, 0.4) is 0 Å². The molecule has 1 amide bonds. The number of carbonyl (C=O) groups excluding carboxylic acids is 1. The van der Waals surface area contributed by atoms with E-state index in [1.54, 1.807) is 0 Å². The molecule has 1 unspecified atom stereocenters. The standard InChI is InChI=1S/C12H13BrF2N2O/c13-7-5-9(15)11(6-8(7)14)17-10-3-1-2-4-16-12(10)18/h5-6,10,17H,1-4H2,(H,16,18). The van der Waals surface area contributed by atoms with Crippen LogP contribution in [0.2, 0.25) is 0 Å². The first-order valence-corrected chi connectivity index (χ1v) is 6.56. The molecule has 0 bridgehead atoms. The molecule has 1 aromatic rings. The first kappa shape index (κ1) is 13.3. The van der Waals surface area contributed by atoms with Crippen molar-refractivity contribution < 1.29 is 13.6 Å². The maximum absolute atomic E-state index is 13.6. The lowest BCUT2D eigenvalue weighted by molar-refractivity contribution is -0.121. The molecule has 1 aliphatic heterocycles. The summed E-state index contributed by atoms with van der Waals surface area (Å²) >= 11 is 2.91. The van der Waals surface area contributed by atoms with Crippen LogP contribution in [0.25, 0.3) is 0 Å². The number of amides is 1. The van der Waals surface area contributed by atoms with E-state index in [1.165, 1.54) is 0 Å². The van der Waals surface area contributed by atoms with E-state index in [4.69, 9.17) is 0 Å². The molecule has 1 saturated heterocycles. The maximum Gasteiger partial charge on any atom is 0.242 e. The quantitative estimate of drug-likeness (QED) is 0.823. The third-order valence-electron chi connectivity index (χ3n) is 2.87. The molecule has 98 valence electrons. The van der Waals surface area contributed by atoms with Gasteiger partial charge in [-0.15, -0.1) is 0 Å². The molecule has 18 heavy (non-hydrogen) atoms. The molecule has 0 aliphatic carbocycles. The molecule has 1 atom stereocenters. The van der Waals surface area contributed by atoms with Crippen molar-refractivity contribution in [2.75, 3.05) is 11.9 Å². The van der Waals surface area contributed by atoms with Gasteiger partial charge in [0.2, 0.25) is 5.91 Å². The van der Waals surface area contributed by atoms with Crippen molar-refractivity contribution in [1.82, 2.24) is 5.32 Å². The van der Waals surface area contributed by atoms with E-state index in [0.29, 0.717) is 13.0 Å². The minimum Gasteiger partial charge on any atom is -0.371 e. The highest BCUT2D eigenvalue weighted by atomic mass is 79.9. The Balaban J connectivity index is 2.17. The second kappa shape index (κ2) is 5.65. The Kier molecular flexibility index (Phi) is 4.16. The molecule has 0 saturated carbocycles. The minimum absolute atomic E-state index is 0.0118. The fourth-order valence-corrected chi connectivity index (χ4v) is 2.21. The van der Waals surface area contributed by atoms with Crippen LogP contribution >= 0.6 is 15.9 Å². The molecule has 6 heteroatoms. The van der Waals surface area contributed by atoms with Crippen molar-refractivity contribution in [2.24, 2.45) is 0 Å². The number of benzene rings is 1. The lowest BCUT2D eigenvalue weighted by Crippen LogP contribution is -2.38. The number of anilines is 1. The molecule has 0 aromatic heterocycles. The van der Waals surface area contributed by atoms with Gasteiger partial charge in [-0.3, -0.25) is 4.79 Å². The average Bonchev–Trinajstić information content (AvgIpc) is 2.52. The maximum atomic E-state index is 13.6. The van der Waals surface area contributed by atoms with Crippen molar-refractivity contribution in [1.29, 1.82) is 0 Å². The average molecular weight is 319 g/mol. The summed E-state index contributed by atoms with van der Waals surface area (Å²) in [6, 6.07) is 1.59. The Hall–Kier alpha value is -1.17. The first-order valence-electron chi connectivity index (χ1n) is 5.76. The summed E-state index contributed by atoms with van der Waals surface area (Å²) in [4.78, 5) is 11.7. The van der Waals surface area contributed by atoms with Gasteiger partial charge in [0.1, 0.15) is 17.7 Å². The molecule has 2 N–H and O–H groups in total. The van der Waals surface area contributed by atoms with Crippen LogP contribution < -0.4 is 10.6 Å². The predicted molar refractivity (Wildman–Crippen MR) is 68.3 cm³/mol. The van der Waals surface area contributed by atoms with Gasteiger partial charge < -0.3 is 10.6 Å². The third-order valence-corrected chi connectivity index (χ3v) is 3.48. The molecule has 1 aromatic carbocycles. The highest BCUT2D eigenvalue weighted by Gasteiger charge is 2.21. The van der Waals surface area contributed by atoms with Gasteiger partial charge in [-0.2, -0.15) is 0 Å². The molecule has 0 radical (unpaired) electrons. The summed E-state index contributed by atoms with van der Waals surface area (Å²) in [6.07, 6.45) is 2.39. The van der Waals surface area contributed by atoms with Gasteiger partial charge in [-0.1, -0.05) is 0 Å². The Labute approximate surface area is 112 Å². The molecular formula is C12H13BrF2N2O. The first-order chi connectivity index (χ1) is 8.58. The number of hydrogen-bond donors (Lipinski definition) is 2. The summed E-state index contributed by atoms with van der Waals surface area (Å²) in [5.74, 6) is -1.32. The summed E-state index contributed by atoms with van der Waals surface area (Å²) < 4.78 is 27.0. The Morgan fingerprint density at radius 2 is 2.06 bits per heavy atom. The van der Waals surface area contributed by atoms with Crippen molar-refractivity contribution in [3.8, 4) is 0 Å². The number of carbonyl (C=O) groups is 1. The van der Waals surface area contributed by atoms with Crippen LogP contribution in [-0.2, 0) is 4.79 Å². The number of rotatable bonds is 2. The zero-order valence-corrected chi connectivity index (χ0v) is 11.2. The van der Waals surface area contributed by atoms with Crippen molar-refractivity contribution >= 4 is 27.5 Å². The lowest BCUT2D eigenvalue weighted by atomic mass is 10.1. The van der Waals surface area contributed by atoms with Crippen molar-refractivity contribution in [3.63, 3.8) is 0 Å². The van der Waals surface area contributed by atoms with E-state index in [0.717, 1.165) is 25.0 Å². The van der Waals surface area contributed by atoms with Gasteiger partial charge in [0, 0.05) is 12.6 Å². The summed E-state index contributed by atoms with van der Waals surface area (Å²) in [5.41, 5.74) is 0.0118. The fourth-order valence-electron chi connectivity index (χ4n) is 1.90. The predicted octanol–water partition coefficient (Wildman–Crippen LogP) is 2.81. The van der Waals surface area contributed by atoms with Crippen LogP contribution in [0.5, 0.6) is 0 Å². The smallest absolute Gasteiger partial charge is 0.242 e. The zero-order valence-electron chi connectivity index (χ0n) is 9.60. The van der Waals surface area contributed by atoms with Crippen LogP contribution in [0.4, 0.5) is 14.5 Å². The Bertz CT molecular complexity index is 468. The van der Waals surface area contributed by atoms with Crippen LogP contribution in [0, 0.1) is 11.6 Å². The molecule has 0 spiro atoms. The van der Waals surface area contributed by atoms with E-state index >= 15 is 0 Å². The monoisotopic (exact) mass is 318 g/mol. The van der Waals surface area contributed by atoms with Gasteiger partial charge >= 0.3 is 0 Å². The highest BCUT2D eigenvalue weighted by molar-refractivity contribution is 9.10. The lowest BCUT2D eigenvalue weighted by Gasteiger charge is -2.17. The van der Waals surface area contributed by atoms with E-state index in [1.807, 2.05) is 0 Å². The van der Waals surface area contributed by atoms with Gasteiger partial charge in [-0.25, -0.2) is 8.78 Å². The zero-order chi connectivity index (χ0) is 13.1. The molecule has 1 fully saturated rings. The summed E-state index contributed by atoms with van der Waals surface area (Å²) in [7, 11) is 0. The van der Waals surface area contributed by atoms with E-state index in [9.17, 15) is 13.6 Å². The largest absolute Gasteiger partial charge is 0.371 e.